The van der Waals surface area contributed by atoms with Crippen LogP contribution in [0.4, 0.5) is 0 Å². The molecule has 2 heteroatoms. The highest BCUT2D eigenvalue weighted by molar-refractivity contribution is 4.77. The van der Waals surface area contributed by atoms with Gasteiger partial charge in [-0.25, -0.2) is 0 Å². The van der Waals surface area contributed by atoms with Gasteiger partial charge in [0.2, 0.25) is 0 Å². The lowest BCUT2D eigenvalue weighted by molar-refractivity contribution is 0.0933. The van der Waals surface area contributed by atoms with E-state index in [9.17, 15) is 0 Å². The predicted octanol–water partition coefficient (Wildman–Crippen LogP) is 1.01. The van der Waals surface area contributed by atoms with Gasteiger partial charge < -0.3 is 10.5 Å². The van der Waals surface area contributed by atoms with Gasteiger partial charge in [-0.2, -0.15) is 0 Å². The minimum Gasteiger partial charge on any atom is -0.378 e. The van der Waals surface area contributed by atoms with Gasteiger partial charge in [-0.3, -0.25) is 0 Å². The molecule has 3 unspecified atom stereocenters. The zero-order valence-corrected chi connectivity index (χ0v) is 6.84. The van der Waals surface area contributed by atoms with Gasteiger partial charge in [-0.15, -0.1) is 0 Å². The van der Waals surface area contributed by atoms with Crippen molar-refractivity contribution < 1.29 is 4.74 Å². The first-order chi connectivity index (χ1) is 4.75. The minimum absolute atomic E-state index is 0.429. The van der Waals surface area contributed by atoms with E-state index in [1.54, 1.807) is 0 Å². The van der Waals surface area contributed by atoms with E-state index in [1.807, 2.05) is 0 Å². The molecule has 1 aliphatic heterocycles. The Morgan fingerprint density at radius 3 is 2.80 bits per heavy atom. The van der Waals surface area contributed by atoms with Crippen LogP contribution >= 0.6 is 0 Å². The van der Waals surface area contributed by atoms with E-state index in [0.717, 1.165) is 13.2 Å². The number of rotatable bonds is 2. The van der Waals surface area contributed by atoms with Crippen molar-refractivity contribution >= 4 is 0 Å². The average Bonchev–Trinajstić information content (AvgIpc) is 2.34. The molecule has 10 heavy (non-hydrogen) atoms. The molecule has 0 saturated carbocycles. The smallest absolute Gasteiger partial charge is 0.0579 e. The molecule has 0 aromatic carbocycles. The predicted molar refractivity (Wildman–Crippen MR) is 41.7 cm³/mol. The van der Waals surface area contributed by atoms with Crippen molar-refractivity contribution in [2.75, 3.05) is 13.2 Å². The first-order valence-corrected chi connectivity index (χ1v) is 4.07. The summed E-state index contributed by atoms with van der Waals surface area (Å²) in [6.45, 7) is 6.06. The molecule has 2 N–H and O–H groups in total. The summed E-state index contributed by atoms with van der Waals surface area (Å²) in [4.78, 5) is 0. The van der Waals surface area contributed by atoms with E-state index >= 15 is 0 Å². The summed E-state index contributed by atoms with van der Waals surface area (Å²) in [6, 6.07) is 0. The minimum atomic E-state index is 0.429. The number of nitrogens with two attached hydrogens (primary N) is 1. The summed E-state index contributed by atoms with van der Waals surface area (Å²) in [5, 5.41) is 0. The second-order valence-electron chi connectivity index (χ2n) is 3.24. The molecule has 1 heterocycles. The van der Waals surface area contributed by atoms with Gasteiger partial charge in [-0.05, 0) is 31.7 Å². The highest BCUT2D eigenvalue weighted by Gasteiger charge is 2.27. The Hall–Kier alpha value is -0.0800. The standard InChI is InChI=1S/C8H17NO/c1-6(5-9)8-3-4-10-7(8)2/h6-8H,3-5,9H2,1-2H3. The largest absolute Gasteiger partial charge is 0.378 e. The molecular formula is C8H17NO. The van der Waals surface area contributed by atoms with Crippen molar-refractivity contribution in [2.24, 2.45) is 17.6 Å². The summed E-state index contributed by atoms with van der Waals surface area (Å²) in [5.41, 5.74) is 5.56. The van der Waals surface area contributed by atoms with Gasteiger partial charge in [0.1, 0.15) is 0 Å². The second kappa shape index (κ2) is 3.35. The summed E-state index contributed by atoms with van der Waals surface area (Å²) < 4.78 is 5.43. The van der Waals surface area contributed by atoms with Crippen molar-refractivity contribution in [2.45, 2.75) is 26.4 Å². The molecule has 0 aliphatic carbocycles. The average molecular weight is 143 g/mol. The van der Waals surface area contributed by atoms with Crippen LogP contribution in [0.3, 0.4) is 0 Å². The highest BCUT2D eigenvalue weighted by atomic mass is 16.5. The first-order valence-electron chi connectivity index (χ1n) is 4.07. The van der Waals surface area contributed by atoms with Crippen LogP contribution in [0.5, 0.6) is 0 Å². The summed E-state index contributed by atoms with van der Waals surface area (Å²) in [7, 11) is 0. The van der Waals surface area contributed by atoms with E-state index in [0.29, 0.717) is 17.9 Å². The lowest BCUT2D eigenvalue weighted by Gasteiger charge is -2.19. The SMILES string of the molecule is CC(CN)C1CCOC1C. The lowest BCUT2D eigenvalue weighted by Crippen LogP contribution is -2.25. The molecule has 0 aromatic heterocycles. The van der Waals surface area contributed by atoms with Crippen LogP contribution in [0, 0.1) is 11.8 Å². The van der Waals surface area contributed by atoms with Crippen LogP contribution in [0.25, 0.3) is 0 Å². The maximum Gasteiger partial charge on any atom is 0.0579 e. The van der Waals surface area contributed by atoms with Gasteiger partial charge in [0.25, 0.3) is 0 Å². The lowest BCUT2D eigenvalue weighted by atomic mass is 9.89. The fourth-order valence-corrected chi connectivity index (χ4v) is 1.67. The van der Waals surface area contributed by atoms with E-state index in [-0.39, 0.29) is 0 Å². The Kier molecular flexibility index (Phi) is 2.69. The molecule has 0 amide bonds. The second-order valence-corrected chi connectivity index (χ2v) is 3.24. The summed E-state index contributed by atoms with van der Waals surface area (Å²) in [5.74, 6) is 1.32. The van der Waals surface area contributed by atoms with Crippen LogP contribution in [0.2, 0.25) is 0 Å². The van der Waals surface area contributed by atoms with Gasteiger partial charge in [-0.1, -0.05) is 6.92 Å². The molecule has 0 bridgehead atoms. The van der Waals surface area contributed by atoms with Crippen molar-refractivity contribution in [3.8, 4) is 0 Å². The fourth-order valence-electron chi connectivity index (χ4n) is 1.67. The van der Waals surface area contributed by atoms with Crippen molar-refractivity contribution in [1.29, 1.82) is 0 Å². The van der Waals surface area contributed by atoms with Gasteiger partial charge in [0, 0.05) is 6.61 Å². The van der Waals surface area contributed by atoms with E-state index in [2.05, 4.69) is 13.8 Å². The third-order valence-corrected chi connectivity index (χ3v) is 2.54. The maximum absolute atomic E-state index is 5.56. The molecule has 1 fully saturated rings. The monoisotopic (exact) mass is 143 g/mol. The Morgan fingerprint density at radius 1 is 1.70 bits per heavy atom. The molecule has 1 aliphatic rings. The van der Waals surface area contributed by atoms with Crippen LogP contribution in [-0.4, -0.2) is 19.3 Å². The molecule has 60 valence electrons. The van der Waals surface area contributed by atoms with Gasteiger partial charge in [0.05, 0.1) is 6.10 Å². The first kappa shape index (κ1) is 8.02. The van der Waals surface area contributed by atoms with Crippen molar-refractivity contribution in [1.82, 2.24) is 0 Å². The van der Waals surface area contributed by atoms with Crippen molar-refractivity contribution in [3.63, 3.8) is 0 Å². The van der Waals surface area contributed by atoms with Crippen molar-refractivity contribution in [3.05, 3.63) is 0 Å². The van der Waals surface area contributed by atoms with E-state index < -0.39 is 0 Å². The highest BCUT2D eigenvalue weighted by Crippen LogP contribution is 2.26. The van der Waals surface area contributed by atoms with Crippen LogP contribution < -0.4 is 5.73 Å². The Bertz CT molecular complexity index is 105. The summed E-state index contributed by atoms with van der Waals surface area (Å²) in [6.07, 6.45) is 1.62. The number of ether oxygens (including phenoxy) is 1. The zero-order chi connectivity index (χ0) is 7.56. The van der Waals surface area contributed by atoms with Crippen LogP contribution in [0.15, 0.2) is 0 Å². The normalized spacial score (nSPS) is 36.3. The molecule has 1 rings (SSSR count). The number of hydrogen-bond donors (Lipinski definition) is 1. The van der Waals surface area contributed by atoms with Gasteiger partial charge >= 0.3 is 0 Å². The molecule has 2 nitrogen and oxygen atoms in total. The molecule has 0 radical (unpaired) electrons. The van der Waals surface area contributed by atoms with Gasteiger partial charge in [0.15, 0.2) is 0 Å². The van der Waals surface area contributed by atoms with Crippen LogP contribution in [-0.2, 0) is 4.74 Å². The quantitative estimate of drug-likeness (QED) is 0.626. The molecule has 0 aromatic rings. The molecule has 3 atom stereocenters. The third-order valence-electron chi connectivity index (χ3n) is 2.54. The molecule has 1 saturated heterocycles. The topological polar surface area (TPSA) is 35.2 Å². The molecular weight excluding hydrogens is 126 g/mol. The fraction of sp³-hybridized carbons (Fsp3) is 1.00. The Balaban J connectivity index is 2.38. The summed E-state index contributed by atoms with van der Waals surface area (Å²) >= 11 is 0. The molecule has 0 spiro atoms. The maximum atomic E-state index is 5.56. The van der Waals surface area contributed by atoms with Crippen LogP contribution in [0.1, 0.15) is 20.3 Å². The number of hydrogen-bond acceptors (Lipinski definition) is 2. The Labute approximate surface area is 62.7 Å². The van der Waals surface area contributed by atoms with E-state index in [4.69, 9.17) is 10.5 Å². The van der Waals surface area contributed by atoms with E-state index in [1.165, 1.54) is 6.42 Å². The zero-order valence-electron chi connectivity index (χ0n) is 6.84. The third kappa shape index (κ3) is 1.50. The Morgan fingerprint density at radius 2 is 2.40 bits per heavy atom.